The number of halogens is 1. The summed E-state index contributed by atoms with van der Waals surface area (Å²) in [6, 6.07) is 17.7. The molecular formula is C18H22BrN. The summed E-state index contributed by atoms with van der Waals surface area (Å²) in [5, 5.41) is 3.60. The van der Waals surface area contributed by atoms with Crippen LogP contribution in [0.5, 0.6) is 0 Å². The molecule has 106 valence electrons. The molecule has 20 heavy (non-hydrogen) atoms. The van der Waals surface area contributed by atoms with E-state index in [-0.39, 0.29) is 0 Å². The van der Waals surface area contributed by atoms with Crippen LogP contribution in [0.2, 0.25) is 0 Å². The lowest BCUT2D eigenvalue weighted by Crippen LogP contribution is -2.21. The molecule has 0 bridgehead atoms. The van der Waals surface area contributed by atoms with E-state index < -0.39 is 0 Å². The van der Waals surface area contributed by atoms with Crippen LogP contribution in [0, 0.1) is 0 Å². The van der Waals surface area contributed by atoms with Crippen molar-refractivity contribution in [2.75, 3.05) is 6.54 Å². The third kappa shape index (κ3) is 3.71. The van der Waals surface area contributed by atoms with Crippen LogP contribution in [0.1, 0.15) is 38.3 Å². The normalized spacial score (nSPS) is 12.3. The minimum Gasteiger partial charge on any atom is -0.310 e. The first kappa shape index (κ1) is 15.3. The van der Waals surface area contributed by atoms with Gasteiger partial charge in [-0.1, -0.05) is 72.2 Å². The molecule has 0 aliphatic rings. The number of nitrogens with one attached hydrogen (secondary N) is 1. The zero-order chi connectivity index (χ0) is 14.4. The maximum Gasteiger partial charge on any atom is 0.0317 e. The first-order chi connectivity index (χ1) is 9.76. The van der Waals surface area contributed by atoms with Crippen LogP contribution in [0.4, 0.5) is 0 Å². The van der Waals surface area contributed by atoms with E-state index in [4.69, 9.17) is 0 Å². The average Bonchev–Trinajstić information content (AvgIpc) is 2.49. The molecule has 0 heterocycles. The first-order valence-corrected chi connectivity index (χ1v) is 8.13. The highest BCUT2D eigenvalue weighted by Gasteiger charge is 2.08. The van der Waals surface area contributed by atoms with Gasteiger partial charge in [0, 0.05) is 10.5 Å². The van der Waals surface area contributed by atoms with Crippen LogP contribution in [0.25, 0.3) is 11.1 Å². The minimum atomic E-state index is 0.461. The number of hydrogen-bond donors (Lipinski definition) is 1. The van der Waals surface area contributed by atoms with E-state index in [0.29, 0.717) is 6.04 Å². The molecule has 0 amide bonds. The molecule has 0 saturated heterocycles. The van der Waals surface area contributed by atoms with E-state index in [2.05, 4.69) is 77.6 Å². The summed E-state index contributed by atoms with van der Waals surface area (Å²) in [7, 11) is 0. The van der Waals surface area contributed by atoms with Gasteiger partial charge in [-0.2, -0.15) is 0 Å². The van der Waals surface area contributed by atoms with Crippen LogP contribution < -0.4 is 5.32 Å². The van der Waals surface area contributed by atoms with E-state index in [1.165, 1.54) is 23.1 Å². The maximum atomic E-state index is 3.62. The van der Waals surface area contributed by atoms with Crippen LogP contribution in [0.3, 0.4) is 0 Å². The maximum absolute atomic E-state index is 3.62. The van der Waals surface area contributed by atoms with Gasteiger partial charge in [0.05, 0.1) is 0 Å². The van der Waals surface area contributed by atoms with E-state index in [1.54, 1.807) is 0 Å². The fourth-order valence-electron chi connectivity index (χ4n) is 2.41. The molecule has 0 aliphatic carbocycles. The summed E-state index contributed by atoms with van der Waals surface area (Å²) in [5.41, 5.74) is 3.87. The largest absolute Gasteiger partial charge is 0.310 e. The van der Waals surface area contributed by atoms with Gasteiger partial charge in [-0.15, -0.1) is 0 Å². The molecule has 2 aromatic carbocycles. The zero-order valence-corrected chi connectivity index (χ0v) is 13.8. The standard InChI is InChI=1S/C18H22BrN/c1-3-13-20-18(4-2)15-11-9-14(10-12-15)16-7-5-6-8-17(16)19/h5-12,18,20H,3-4,13H2,1-2H3. The van der Waals surface area contributed by atoms with E-state index in [1.807, 2.05) is 6.07 Å². The van der Waals surface area contributed by atoms with Gasteiger partial charge >= 0.3 is 0 Å². The highest BCUT2D eigenvalue weighted by Crippen LogP contribution is 2.29. The van der Waals surface area contributed by atoms with Gasteiger partial charge in [-0.25, -0.2) is 0 Å². The predicted molar refractivity (Wildman–Crippen MR) is 90.9 cm³/mol. The van der Waals surface area contributed by atoms with Gasteiger partial charge < -0.3 is 5.32 Å². The number of hydrogen-bond acceptors (Lipinski definition) is 1. The second-order valence-electron chi connectivity index (χ2n) is 5.02. The molecule has 0 saturated carbocycles. The van der Waals surface area contributed by atoms with Crippen molar-refractivity contribution in [3.63, 3.8) is 0 Å². The highest BCUT2D eigenvalue weighted by molar-refractivity contribution is 9.10. The zero-order valence-electron chi connectivity index (χ0n) is 12.2. The summed E-state index contributed by atoms with van der Waals surface area (Å²) in [5.74, 6) is 0. The Morgan fingerprint density at radius 3 is 2.30 bits per heavy atom. The van der Waals surface area contributed by atoms with Gasteiger partial charge in [-0.05, 0) is 42.1 Å². The van der Waals surface area contributed by atoms with Crippen molar-refractivity contribution in [1.82, 2.24) is 5.32 Å². The Labute approximate surface area is 130 Å². The molecule has 1 unspecified atom stereocenters. The lowest BCUT2D eigenvalue weighted by molar-refractivity contribution is 0.518. The second-order valence-corrected chi connectivity index (χ2v) is 5.87. The van der Waals surface area contributed by atoms with E-state index >= 15 is 0 Å². The molecule has 0 aromatic heterocycles. The van der Waals surface area contributed by atoms with Crippen molar-refractivity contribution in [2.45, 2.75) is 32.7 Å². The molecule has 1 nitrogen and oxygen atoms in total. The predicted octanol–water partition coefficient (Wildman–Crippen LogP) is 5.57. The quantitative estimate of drug-likeness (QED) is 0.729. The summed E-state index contributed by atoms with van der Waals surface area (Å²) >= 11 is 3.62. The fourth-order valence-corrected chi connectivity index (χ4v) is 2.92. The average molecular weight is 332 g/mol. The summed E-state index contributed by atoms with van der Waals surface area (Å²) < 4.78 is 1.14. The third-order valence-electron chi connectivity index (χ3n) is 3.55. The number of rotatable bonds is 6. The molecule has 1 N–H and O–H groups in total. The highest BCUT2D eigenvalue weighted by atomic mass is 79.9. The van der Waals surface area contributed by atoms with Crippen molar-refractivity contribution in [3.05, 3.63) is 58.6 Å². The van der Waals surface area contributed by atoms with Crippen LogP contribution >= 0.6 is 15.9 Å². The topological polar surface area (TPSA) is 12.0 Å². The smallest absolute Gasteiger partial charge is 0.0317 e. The van der Waals surface area contributed by atoms with Crippen LogP contribution in [-0.4, -0.2) is 6.54 Å². The SMILES string of the molecule is CCCNC(CC)c1ccc(-c2ccccc2Br)cc1. The Balaban J connectivity index is 2.19. The van der Waals surface area contributed by atoms with Gasteiger partial charge in [0.2, 0.25) is 0 Å². The summed E-state index contributed by atoms with van der Waals surface area (Å²) in [6.45, 7) is 5.51. The molecule has 0 aliphatic heterocycles. The van der Waals surface area contributed by atoms with Crippen molar-refractivity contribution >= 4 is 15.9 Å². The summed E-state index contributed by atoms with van der Waals surface area (Å²) in [6.07, 6.45) is 2.29. The van der Waals surface area contributed by atoms with E-state index in [0.717, 1.165) is 17.4 Å². The molecule has 0 radical (unpaired) electrons. The molecule has 0 spiro atoms. The molecule has 1 atom stereocenters. The molecule has 2 aromatic rings. The monoisotopic (exact) mass is 331 g/mol. The third-order valence-corrected chi connectivity index (χ3v) is 4.24. The van der Waals surface area contributed by atoms with Crippen molar-refractivity contribution in [3.8, 4) is 11.1 Å². The van der Waals surface area contributed by atoms with Crippen molar-refractivity contribution < 1.29 is 0 Å². The molecule has 2 rings (SSSR count). The minimum absolute atomic E-state index is 0.461. The Morgan fingerprint density at radius 2 is 1.70 bits per heavy atom. The van der Waals surface area contributed by atoms with Crippen LogP contribution in [0.15, 0.2) is 53.0 Å². The Morgan fingerprint density at radius 1 is 1.00 bits per heavy atom. The Hall–Kier alpha value is -1.12. The lowest BCUT2D eigenvalue weighted by atomic mass is 9.99. The van der Waals surface area contributed by atoms with Gasteiger partial charge in [0.1, 0.15) is 0 Å². The Kier molecular flexibility index (Phi) is 5.81. The molecule has 0 fully saturated rings. The molecule has 2 heteroatoms. The Bertz CT molecular complexity index is 533. The van der Waals surface area contributed by atoms with Crippen LogP contribution in [-0.2, 0) is 0 Å². The first-order valence-electron chi connectivity index (χ1n) is 7.34. The van der Waals surface area contributed by atoms with Gasteiger partial charge in [0.15, 0.2) is 0 Å². The number of benzene rings is 2. The van der Waals surface area contributed by atoms with E-state index in [9.17, 15) is 0 Å². The van der Waals surface area contributed by atoms with Gasteiger partial charge in [-0.3, -0.25) is 0 Å². The fraction of sp³-hybridized carbons (Fsp3) is 0.333. The second kappa shape index (κ2) is 7.61. The molecular weight excluding hydrogens is 310 g/mol. The van der Waals surface area contributed by atoms with Crippen molar-refractivity contribution in [2.24, 2.45) is 0 Å². The van der Waals surface area contributed by atoms with Crippen molar-refractivity contribution in [1.29, 1.82) is 0 Å². The summed E-state index contributed by atoms with van der Waals surface area (Å²) in [4.78, 5) is 0. The van der Waals surface area contributed by atoms with Gasteiger partial charge in [0.25, 0.3) is 0 Å². The lowest BCUT2D eigenvalue weighted by Gasteiger charge is -2.17.